The van der Waals surface area contributed by atoms with Crippen molar-refractivity contribution in [2.75, 3.05) is 13.7 Å². The van der Waals surface area contributed by atoms with E-state index in [1.807, 2.05) is 24.3 Å². The first kappa shape index (κ1) is 20.2. The highest BCUT2D eigenvalue weighted by Crippen LogP contribution is 2.39. The Hall–Kier alpha value is -3.07. The molecule has 2 amide bonds. The molecule has 3 heterocycles. The van der Waals surface area contributed by atoms with Gasteiger partial charge in [-0.05, 0) is 32.4 Å². The molecule has 1 saturated heterocycles. The number of carbonyl (C=O) groups excluding carboxylic acids is 3. The molecule has 0 aliphatic carbocycles. The fraction of sp³-hybridized carbons (Fsp3) is 0.476. The molecule has 0 bridgehead atoms. The van der Waals surface area contributed by atoms with Gasteiger partial charge in [0.15, 0.2) is 12.3 Å². The van der Waals surface area contributed by atoms with E-state index in [0.29, 0.717) is 5.69 Å². The molecule has 0 saturated carbocycles. The quantitative estimate of drug-likeness (QED) is 0.726. The molecule has 30 heavy (non-hydrogen) atoms. The van der Waals surface area contributed by atoms with E-state index >= 15 is 0 Å². The molecule has 1 fully saturated rings. The van der Waals surface area contributed by atoms with Crippen LogP contribution in [0.1, 0.15) is 38.3 Å². The molecule has 2 N–H and O–H groups in total. The monoisotopic (exact) mass is 415 g/mol. The fourth-order valence-corrected chi connectivity index (χ4v) is 4.00. The third kappa shape index (κ3) is 3.49. The Bertz CT molecular complexity index is 1010. The van der Waals surface area contributed by atoms with E-state index in [2.05, 4.69) is 10.3 Å². The van der Waals surface area contributed by atoms with Crippen molar-refractivity contribution in [3.63, 3.8) is 0 Å². The minimum Gasteiger partial charge on any atom is -0.467 e. The van der Waals surface area contributed by atoms with Crippen molar-refractivity contribution in [3.8, 4) is 0 Å². The standard InChI is InChI=1S/C21H25N3O6/c1-21(2,3)30-20(27)23-14-9-12-11-7-5-6-8-13(11)22-16(12)18-24(17(14)25)15(10-29-18)19(26)28-4/h5-8,14-15,18,22H,9-10H2,1-4H3,(H,23,27)/t14-,15-,18-/m0/s1. The zero-order chi connectivity index (χ0) is 21.6. The predicted molar refractivity (Wildman–Crippen MR) is 107 cm³/mol. The summed E-state index contributed by atoms with van der Waals surface area (Å²) in [6.45, 7) is 5.25. The number of H-pyrrole nitrogens is 1. The normalized spacial score (nSPS) is 23.5. The van der Waals surface area contributed by atoms with Crippen LogP contribution in [0.15, 0.2) is 24.3 Å². The van der Waals surface area contributed by atoms with E-state index in [-0.39, 0.29) is 13.0 Å². The summed E-state index contributed by atoms with van der Waals surface area (Å²) in [5.41, 5.74) is 1.73. The van der Waals surface area contributed by atoms with Crippen LogP contribution >= 0.6 is 0 Å². The van der Waals surface area contributed by atoms with Gasteiger partial charge in [0.2, 0.25) is 5.91 Å². The van der Waals surface area contributed by atoms with Crippen molar-refractivity contribution in [1.29, 1.82) is 0 Å². The second kappa shape index (κ2) is 7.32. The molecule has 3 atom stereocenters. The number of carbonyl (C=O) groups is 3. The number of esters is 1. The van der Waals surface area contributed by atoms with Gasteiger partial charge in [0, 0.05) is 17.3 Å². The Labute approximate surface area is 173 Å². The predicted octanol–water partition coefficient (Wildman–Crippen LogP) is 2.02. The number of ether oxygens (including phenoxy) is 3. The van der Waals surface area contributed by atoms with Crippen molar-refractivity contribution in [1.82, 2.24) is 15.2 Å². The molecule has 9 heteroatoms. The molecule has 2 aliphatic rings. The topological polar surface area (TPSA) is 110 Å². The van der Waals surface area contributed by atoms with Gasteiger partial charge in [0.25, 0.3) is 0 Å². The number of aromatic nitrogens is 1. The summed E-state index contributed by atoms with van der Waals surface area (Å²) < 4.78 is 16.1. The van der Waals surface area contributed by atoms with Gasteiger partial charge in [0.05, 0.1) is 19.4 Å². The summed E-state index contributed by atoms with van der Waals surface area (Å²) >= 11 is 0. The number of methoxy groups -OCH3 is 1. The first-order valence-corrected chi connectivity index (χ1v) is 9.80. The number of fused-ring (bicyclic) bond motifs is 5. The van der Waals surface area contributed by atoms with Crippen LogP contribution in [0, 0.1) is 0 Å². The summed E-state index contributed by atoms with van der Waals surface area (Å²) in [7, 11) is 1.27. The highest BCUT2D eigenvalue weighted by atomic mass is 16.6. The maximum absolute atomic E-state index is 13.4. The number of nitrogens with zero attached hydrogens (tertiary/aromatic N) is 1. The van der Waals surface area contributed by atoms with Crippen molar-refractivity contribution in [3.05, 3.63) is 35.5 Å². The molecule has 1 aromatic heterocycles. The van der Waals surface area contributed by atoms with Gasteiger partial charge in [-0.2, -0.15) is 0 Å². The number of nitrogens with one attached hydrogen (secondary N) is 2. The van der Waals surface area contributed by atoms with Gasteiger partial charge < -0.3 is 24.5 Å². The lowest BCUT2D eigenvalue weighted by atomic mass is 10.0. The van der Waals surface area contributed by atoms with Crippen molar-refractivity contribution in [2.24, 2.45) is 0 Å². The minimum absolute atomic E-state index is 0.0110. The molecule has 9 nitrogen and oxygen atoms in total. The smallest absolute Gasteiger partial charge is 0.408 e. The third-order valence-corrected chi connectivity index (χ3v) is 5.22. The maximum atomic E-state index is 13.4. The van der Waals surface area contributed by atoms with Gasteiger partial charge in [-0.1, -0.05) is 18.2 Å². The van der Waals surface area contributed by atoms with Gasteiger partial charge in [-0.3, -0.25) is 9.69 Å². The first-order chi connectivity index (χ1) is 14.2. The fourth-order valence-electron chi connectivity index (χ4n) is 4.00. The third-order valence-electron chi connectivity index (χ3n) is 5.22. The summed E-state index contributed by atoms with van der Waals surface area (Å²) in [5.74, 6) is -0.992. The molecule has 0 spiro atoms. The van der Waals surface area contributed by atoms with Gasteiger partial charge >= 0.3 is 12.1 Å². The lowest BCUT2D eigenvalue weighted by Gasteiger charge is -2.28. The zero-order valence-electron chi connectivity index (χ0n) is 17.4. The highest BCUT2D eigenvalue weighted by molar-refractivity contribution is 5.93. The second-order valence-electron chi connectivity index (χ2n) is 8.44. The molecule has 1 aromatic carbocycles. The number of aromatic amines is 1. The van der Waals surface area contributed by atoms with Crippen LogP contribution in [0.4, 0.5) is 4.79 Å². The van der Waals surface area contributed by atoms with Gasteiger partial charge in [-0.25, -0.2) is 9.59 Å². The molecule has 2 aromatic rings. The van der Waals surface area contributed by atoms with E-state index < -0.39 is 41.9 Å². The Morgan fingerprint density at radius 2 is 2.00 bits per heavy atom. The van der Waals surface area contributed by atoms with Crippen LogP contribution in [0.3, 0.4) is 0 Å². The SMILES string of the molecule is COC(=O)[C@@H]1CO[C@H]2c3[nH]c4ccccc4c3C[C@H](NC(=O)OC(C)(C)C)C(=O)N12. The highest BCUT2D eigenvalue weighted by Gasteiger charge is 2.49. The van der Waals surface area contributed by atoms with Crippen molar-refractivity contribution >= 4 is 28.9 Å². The lowest BCUT2D eigenvalue weighted by molar-refractivity contribution is -0.153. The average molecular weight is 415 g/mol. The molecule has 2 aliphatic heterocycles. The molecule has 160 valence electrons. The van der Waals surface area contributed by atoms with Crippen molar-refractivity contribution < 1.29 is 28.6 Å². The van der Waals surface area contributed by atoms with E-state index in [1.165, 1.54) is 12.0 Å². The molecule has 4 rings (SSSR count). The maximum Gasteiger partial charge on any atom is 0.408 e. The Morgan fingerprint density at radius 3 is 2.70 bits per heavy atom. The summed E-state index contributed by atoms with van der Waals surface area (Å²) in [5, 5.41) is 3.61. The Balaban J connectivity index is 1.76. The van der Waals surface area contributed by atoms with Gasteiger partial charge in [0.1, 0.15) is 11.6 Å². The van der Waals surface area contributed by atoms with Crippen LogP contribution in [0.2, 0.25) is 0 Å². The summed E-state index contributed by atoms with van der Waals surface area (Å²) in [6.07, 6.45) is -1.23. The van der Waals surface area contributed by atoms with E-state index in [0.717, 1.165) is 16.5 Å². The molecular formula is C21H25N3O6. The number of benzene rings is 1. The van der Waals surface area contributed by atoms with Crippen molar-refractivity contribution in [2.45, 2.75) is 51.1 Å². The lowest BCUT2D eigenvalue weighted by Crippen LogP contribution is -2.53. The van der Waals surface area contributed by atoms with E-state index in [9.17, 15) is 14.4 Å². The van der Waals surface area contributed by atoms with Crippen LogP contribution in [0.25, 0.3) is 10.9 Å². The van der Waals surface area contributed by atoms with E-state index in [4.69, 9.17) is 14.2 Å². The zero-order valence-corrected chi connectivity index (χ0v) is 17.4. The summed E-state index contributed by atoms with van der Waals surface area (Å²) in [6, 6.07) is 5.87. The number of alkyl carbamates (subject to hydrolysis) is 1. The van der Waals surface area contributed by atoms with Crippen LogP contribution in [0.5, 0.6) is 0 Å². The van der Waals surface area contributed by atoms with Crippen LogP contribution in [-0.2, 0) is 30.2 Å². The average Bonchev–Trinajstić information content (AvgIpc) is 3.24. The van der Waals surface area contributed by atoms with Crippen LogP contribution in [-0.4, -0.2) is 59.3 Å². The molecule has 0 unspecified atom stereocenters. The minimum atomic E-state index is -0.920. The first-order valence-electron chi connectivity index (χ1n) is 9.80. The van der Waals surface area contributed by atoms with Gasteiger partial charge in [-0.15, -0.1) is 0 Å². The molecule has 0 radical (unpaired) electrons. The number of amides is 2. The Kier molecular flexibility index (Phi) is 4.93. The number of hydrogen-bond acceptors (Lipinski definition) is 6. The number of hydrogen-bond donors (Lipinski definition) is 2. The van der Waals surface area contributed by atoms with E-state index in [1.54, 1.807) is 20.8 Å². The number of para-hydroxylation sites is 1. The second-order valence-corrected chi connectivity index (χ2v) is 8.44. The van der Waals surface area contributed by atoms with Crippen LogP contribution < -0.4 is 5.32 Å². The Morgan fingerprint density at radius 1 is 1.27 bits per heavy atom. The molecular weight excluding hydrogens is 390 g/mol. The largest absolute Gasteiger partial charge is 0.467 e. The number of rotatable bonds is 2. The summed E-state index contributed by atoms with van der Waals surface area (Å²) in [4.78, 5) is 42.8.